The summed E-state index contributed by atoms with van der Waals surface area (Å²) in [6, 6.07) is 3.44. The van der Waals surface area contributed by atoms with Crippen LogP contribution in [0.25, 0.3) is 0 Å². The van der Waals surface area contributed by atoms with E-state index in [9.17, 15) is 10.1 Å². The molecule has 0 saturated heterocycles. The van der Waals surface area contributed by atoms with Crippen LogP contribution in [0.1, 0.15) is 53.7 Å². The van der Waals surface area contributed by atoms with Gasteiger partial charge in [0.05, 0.1) is 16.8 Å². The zero-order valence-corrected chi connectivity index (χ0v) is 14.0. The number of carbonyl (C=O) groups is 1. The Hall–Kier alpha value is -2.13. The first-order chi connectivity index (χ1) is 10.9. The number of aryl methyl sites for hydroxylation is 1. The van der Waals surface area contributed by atoms with E-state index < -0.39 is 5.97 Å². The van der Waals surface area contributed by atoms with Gasteiger partial charge in [-0.05, 0) is 39.9 Å². The number of pyridine rings is 1. The number of anilines is 1. The van der Waals surface area contributed by atoms with Gasteiger partial charge in [-0.2, -0.15) is 5.26 Å². The van der Waals surface area contributed by atoms with E-state index in [4.69, 9.17) is 5.11 Å². The lowest BCUT2D eigenvalue weighted by Crippen LogP contribution is -2.51. The van der Waals surface area contributed by atoms with Gasteiger partial charge in [0.1, 0.15) is 11.9 Å². The van der Waals surface area contributed by atoms with Gasteiger partial charge in [0.15, 0.2) is 0 Å². The molecule has 6 nitrogen and oxygen atoms in total. The molecule has 0 unspecified atom stereocenters. The van der Waals surface area contributed by atoms with Crippen LogP contribution in [0.2, 0.25) is 0 Å². The molecule has 0 amide bonds. The normalized spacial score (nSPS) is 16.8. The van der Waals surface area contributed by atoms with Gasteiger partial charge < -0.3 is 15.3 Å². The van der Waals surface area contributed by atoms with Crippen LogP contribution < -0.4 is 5.32 Å². The maximum absolute atomic E-state index is 11.2. The Labute approximate surface area is 137 Å². The van der Waals surface area contributed by atoms with Crippen LogP contribution >= 0.6 is 0 Å². The van der Waals surface area contributed by atoms with Gasteiger partial charge in [-0.25, -0.2) is 9.78 Å². The van der Waals surface area contributed by atoms with E-state index in [2.05, 4.69) is 29.3 Å². The third-order valence-electron chi connectivity index (χ3n) is 4.88. The van der Waals surface area contributed by atoms with Gasteiger partial charge in [0.25, 0.3) is 0 Å². The number of carboxylic acids is 1. The minimum atomic E-state index is -1.06. The van der Waals surface area contributed by atoms with E-state index in [-0.39, 0.29) is 16.7 Å². The van der Waals surface area contributed by atoms with Crippen molar-refractivity contribution in [2.75, 3.05) is 26.0 Å². The molecule has 0 spiro atoms. The number of carboxylic acid groups (broad SMARTS) is 1. The molecular weight excluding hydrogens is 292 g/mol. The molecule has 124 valence electrons. The molecule has 1 saturated carbocycles. The van der Waals surface area contributed by atoms with Gasteiger partial charge in [-0.1, -0.05) is 19.3 Å². The maximum Gasteiger partial charge on any atom is 0.337 e. The number of rotatable bonds is 5. The summed E-state index contributed by atoms with van der Waals surface area (Å²) >= 11 is 0. The van der Waals surface area contributed by atoms with Crippen molar-refractivity contribution >= 4 is 11.8 Å². The predicted molar refractivity (Wildman–Crippen MR) is 88.6 cm³/mol. The molecule has 0 aromatic carbocycles. The molecule has 1 fully saturated rings. The largest absolute Gasteiger partial charge is 0.478 e. The number of nitrogens with one attached hydrogen (secondary N) is 1. The highest BCUT2D eigenvalue weighted by molar-refractivity contribution is 5.89. The molecular formula is C17H24N4O2. The fraction of sp³-hybridized carbons (Fsp3) is 0.588. The van der Waals surface area contributed by atoms with E-state index in [1.807, 2.05) is 6.07 Å². The maximum atomic E-state index is 11.2. The molecule has 1 heterocycles. The smallest absolute Gasteiger partial charge is 0.337 e. The van der Waals surface area contributed by atoms with Crippen LogP contribution in [0.5, 0.6) is 0 Å². The SMILES string of the molecule is Cc1nc(NCC2(N(C)C)CCCCC2)c(C#N)cc1C(=O)O. The molecule has 0 bridgehead atoms. The summed E-state index contributed by atoms with van der Waals surface area (Å²) in [5, 5.41) is 21.7. The Morgan fingerprint density at radius 3 is 2.61 bits per heavy atom. The number of aromatic carboxylic acids is 1. The van der Waals surface area contributed by atoms with Gasteiger partial charge in [-0.3, -0.25) is 0 Å². The van der Waals surface area contributed by atoms with E-state index in [0.717, 1.165) is 12.8 Å². The van der Waals surface area contributed by atoms with Crippen molar-refractivity contribution in [3.05, 3.63) is 22.9 Å². The fourth-order valence-electron chi connectivity index (χ4n) is 3.28. The molecule has 0 atom stereocenters. The predicted octanol–water partition coefficient (Wildman–Crippen LogP) is 2.64. The second-order valence-electron chi connectivity index (χ2n) is 6.47. The highest BCUT2D eigenvalue weighted by Gasteiger charge is 2.34. The standard InChI is InChI=1S/C17H24N4O2/c1-12-14(16(22)23)9-13(10-18)15(20-12)19-11-17(21(2)3)7-5-4-6-8-17/h9H,4-8,11H2,1-3H3,(H,19,20)(H,22,23). The number of likely N-dealkylation sites (N-methyl/N-ethyl adjacent to an activating group) is 1. The lowest BCUT2D eigenvalue weighted by molar-refractivity contribution is 0.0695. The van der Waals surface area contributed by atoms with Crippen molar-refractivity contribution in [1.82, 2.24) is 9.88 Å². The van der Waals surface area contributed by atoms with Crippen LogP contribution in [0.3, 0.4) is 0 Å². The number of aromatic nitrogens is 1. The highest BCUT2D eigenvalue weighted by atomic mass is 16.4. The number of hydrogen-bond acceptors (Lipinski definition) is 5. The zero-order valence-electron chi connectivity index (χ0n) is 14.0. The second kappa shape index (κ2) is 6.97. The fourth-order valence-corrected chi connectivity index (χ4v) is 3.28. The van der Waals surface area contributed by atoms with Crippen molar-refractivity contribution in [1.29, 1.82) is 5.26 Å². The van der Waals surface area contributed by atoms with E-state index in [1.54, 1.807) is 6.92 Å². The third kappa shape index (κ3) is 3.62. The van der Waals surface area contributed by atoms with Crippen LogP contribution in [-0.2, 0) is 0 Å². The van der Waals surface area contributed by atoms with E-state index in [0.29, 0.717) is 18.1 Å². The van der Waals surface area contributed by atoms with Crippen molar-refractivity contribution in [2.45, 2.75) is 44.6 Å². The summed E-state index contributed by atoms with van der Waals surface area (Å²) in [4.78, 5) is 17.7. The summed E-state index contributed by atoms with van der Waals surface area (Å²) in [6.07, 6.45) is 5.90. The van der Waals surface area contributed by atoms with Crippen LogP contribution in [0.4, 0.5) is 5.82 Å². The van der Waals surface area contributed by atoms with Crippen molar-refractivity contribution < 1.29 is 9.90 Å². The molecule has 0 radical (unpaired) electrons. The molecule has 1 aromatic heterocycles. The van der Waals surface area contributed by atoms with Gasteiger partial charge in [-0.15, -0.1) is 0 Å². The summed E-state index contributed by atoms with van der Waals surface area (Å²) in [5.74, 6) is -0.586. The van der Waals surface area contributed by atoms with Crippen molar-refractivity contribution in [3.63, 3.8) is 0 Å². The van der Waals surface area contributed by atoms with Gasteiger partial charge in [0.2, 0.25) is 0 Å². The third-order valence-corrected chi connectivity index (χ3v) is 4.88. The first kappa shape index (κ1) is 17.2. The average molecular weight is 316 g/mol. The average Bonchev–Trinajstić information content (AvgIpc) is 2.53. The molecule has 1 aliphatic rings. The molecule has 1 aliphatic carbocycles. The zero-order chi connectivity index (χ0) is 17.0. The molecule has 2 N–H and O–H groups in total. The topological polar surface area (TPSA) is 89.3 Å². The minimum absolute atomic E-state index is 0.0615. The molecule has 0 aliphatic heterocycles. The Bertz CT molecular complexity index is 628. The van der Waals surface area contributed by atoms with E-state index in [1.165, 1.54) is 25.3 Å². The van der Waals surface area contributed by atoms with Crippen LogP contribution in [0, 0.1) is 18.3 Å². The number of nitriles is 1. The Morgan fingerprint density at radius 2 is 2.09 bits per heavy atom. The Kier molecular flexibility index (Phi) is 5.22. The first-order valence-corrected chi connectivity index (χ1v) is 7.96. The van der Waals surface area contributed by atoms with Crippen molar-refractivity contribution in [2.24, 2.45) is 0 Å². The Balaban J connectivity index is 2.24. The second-order valence-corrected chi connectivity index (χ2v) is 6.47. The van der Waals surface area contributed by atoms with Crippen LogP contribution in [0.15, 0.2) is 6.07 Å². The summed E-state index contributed by atoms with van der Waals surface area (Å²) in [6.45, 7) is 2.35. The van der Waals surface area contributed by atoms with Crippen molar-refractivity contribution in [3.8, 4) is 6.07 Å². The summed E-state index contributed by atoms with van der Waals surface area (Å²) < 4.78 is 0. The van der Waals surface area contributed by atoms with Gasteiger partial charge >= 0.3 is 5.97 Å². The molecule has 6 heteroatoms. The number of hydrogen-bond donors (Lipinski definition) is 2. The lowest BCUT2D eigenvalue weighted by atomic mass is 9.80. The van der Waals surface area contributed by atoms with Gasteiger partial charge in [0, 0.05) is 12.1 Å². The first-order valence-electron chi connectivity index (χ1n) is 7.96. The monoisotopic (exact) mass is 316 g/mol. The Morgan fingerprint density at radius 1 is 1.43 bits per heavy atom. The quantitative estimate of drug-likeness (QED) is 0.868. The molecule has 1 aromatic rings. The van der Waals surface area contributed by atoms with Crippen LogP contribution in [-0.4, -0.2) is 47.1 Å². The minimum Gasteiger partial charge on any atom is -0.478 e. The lowest BCUT2D eigenvalue weighted by Gasteiger charge is -2.43. The highest BCUT2D eigenvalue weighted by Crippen LogP contribution is 2.32. The summed E-state index contributed by atoms with van der Waals surface area (Å²) in [5.41, 5.74) is 0.831. The van der Waals surface area contributed by atoms with E-state index >= 15 is 0 Å². The molecule has 23 heavy (non-hydrogen) atoms. The summed E-state index contributed by atoms with van der Waals surface area (Å²) in [7, 11) is 4.18. The molecule has 2 rings (SSSR count). The number of nitrogens with zero attached hydrogens (tertiary/aromatic N) is 3.